The second kappa shape index (κ2) is 11.2. The summed E-state index contributed by atoms with van der Waals surface area (Å²) in [6.07, 6.45) is 5.60. The van der Waals surface area contributed by atoms with E-state index in [4.69, 9.17) is 4.42 Å². The number of halogens is 1. The van der Waals surface area contributed by atoms with Crippen molar-refractivity contribution in [1.82, 2.24) is 4.90 Å². The lowest BCUT2D eigenvalue weighted by atomic mass is 9.84. The van der Waals surface area contributed by atoms with Crippen LogP contribution in [0.5, 0.6) is 5.75 Å². The third-order valence-corrected chi connectivity index (χ3v) is 7.17. The number of hydrogen-bond acceptors (Lipinski definition) is 4. The molecule has 33 heavy (non-hydrogen) atoms. The molecule has 2 atom stereocenters. The maximum absolute atomic E-state index is 12.9. The van der Waals surface area contributed by atoms with Crippen molar-refractivity contribution < 1.29 is 9.52 Å². The molecule has 0 fully saturated rings. The largest absolute Gasteiger partial charge is 0.507 e. The van der Waals surface area contributed by atoms with Gasteiger partial charge >= 0.3 is 5.63 Å². The zero-order valence-electron chi connectivity index (χ0n) is 20.0. The van der Waals surface area contributed by atoms with Crippen molar-refractivity contribution in [3.63, 3.8) is 0 Å². The molecule has 1 aromatic heterocycles. The van der Waals surface area contributed by atoms with Crippen molar-refractivity contribution in [2.45, 2.75) is 71.9 Å². The van der Waals surface area contributed by atoms with Crippen LogP contribution in [0.25, 0.3) is 11.0 Å². The third-order valence-electron chi connectivity index (χ3n) is 7.17. The summed E-state index contributed by atoms with van der Waals surface area (Å²) >= 11 is 0. The molecule has 1 aliphatic rings. The van der Waals surface area contributed by atoms with Crippen LogP contribution >= 0.6 is 12.4 Å². The maximum Gasteiger partial charge on any atom is 0.341 e. The highest BCUT2D eigenvalue weighted by molar-refractivity contribution is 5.88. The summed E-state index contributed by atoms with van der Waals surface area (Å²) in [5.74, 6) is 1.04. The first-order valence-corrected chi connectivity index (χ1v) is 12.1. The summed E-state index contributed by atoms with van der Waals surface area (Å²) in [6, 6.07) is 14.2. The lowest BCUT2D eigenvalue weighted by molar-refractivity contribution is 0.241. The quantitative estimate of drug-likeness (QED) is 0.291. The molecule has 0 spiro atoms. The van der Waals surface area contributed by atoms with E-state index in [0.29, 0.717) is 34.9 Å². The minimum absolute atomic E-state index is 0. The molecule has 0 bridgehead atoms. The zero-order valence-corrected chi connectivity index (χ0v) is 20.8. The summed E-state index contributed by atoms with van der Waals surface area (Å²) in [5.41, 5.74) is 4.16. The Balaban J connectivity index is 0.00000306. The Morgan fingerprint density at radius 2 is 1.85 bits per heavy atom. The summed E-state index contributed by atoms with van der Waals surface area (Å²) in [6.45, 7) is 8.90. The van der Waals surface area contributed by atoms with Crippen LogP contribution in [0.15, 0.2) is 51.7 Å². The van der Waals surface area contributed by atoms with Crippen LogP contribution in [0.4, 0.5) is 0 Å². The Morgan fingerprint density at radius 3 is 2.58 bits per heavy atom. The lowest BCUT2D eigenvalue weighted by Gasteiger charge is -2.29. The first-order valence-electron chi connectivity index (χ1n) is 12.1. The van der Waals surface area contributed by atoms with E-state index in [-0.39, 0.29) is 23.8 Å². The number of benzene rings is 2. The molecule has 2 aromatic carbocycles. The summed E-state index contributed by atoms with van der Waals surface area (Å²) in [4.78, 5) is 15.2. The Kier molecular flexibility index (Phi) is 8.61. The van der Waals surface area contributed by atoms with E-state index in [1.165, 1.54) is 31.2 Å². The van der Waals surface area contributed by atoms with E-state index in [2.05, 4.69) is 37.8 Å². The van der Waals surface area contributed by atoms with E-state index >= 15 is 0 Å². The smallest absolute Gasteiger partial charge is 0.341 e. The Bertz CT molecular complexity index is 1130. The van der Waals surface area contributed by atoms with Gasteiger partial charge in [-0.3, -0.25) is 4.90 Å². The van der Waals surface area contributed by atoms with Crippen LogP contribution in [0, 0.1) is 5.92 Å². The molecule has 4 rings (SSSR count). The third kappa shape index (κ3) is 5.62. The molecular weight excluding hydrogens is 434 g/mol. The molecule has 2 unspecified atom stereocenters. The van der Waals surface area contributed by atoms with Gasteiger partial charge < -0.3 is 9.52 Å². The number of hydrogen-bond donors (Lipinski definition) is 1. The average molecular weight is 470 g/mol. The fourth-order valence-electron chi connectivity index (χ4n) is 4.98. The van der Waals surface area contributed by atoms with Crippen LogP contribution in [-0.2, 0) is 19.5 Å². The van der Waals surface area contributed by atoms with Crippen molar-refractivity contribution >= 4 is 23.4 Å². The minimum Gasteiger partial charge on any atom is -0.507 e. The standard InChI is InChI=1S/C28H35NO3.ClH/c1-4-5-7-10-19(2)20(3)22-15-25(30)27-23-13-14-29(17-21-11-8-6-9-12-21)18-24(23)28(31)32-26(27)16-22;/h6,8-9,11-12,15-16,19-20,30H,4-5,7,10,13-14,17-18H2,1-3H3;1H. The predicted octanol–water partition coefficient (Wildman–Crippen LogP) is 6.80. The fraction of sp³-hybridized carbons (Fsp3) is 0.464. The molecular formula is C28H36ClNO3. The van der Waals surface area contributed by atoms with Crippen LogP contribution in [0.1, 0.15) is 74.6 Å². The molecule has 0 saturated heterocycles. The van der Waals surface area contributed by atoms with Gasteiger partial charge in [-0.1, -0.05) is 76.8 Å². The number of phenols is 1. The first kappa shape index (κ1) is 25.3. The molecule has 1 N–H and O–H groups in total. The summed E-state index contributed by atoms with van der Waals surface area (Å²) in [7, 11) is 0. The second-order valence-electron chi connectivity index (χ2n) is 9.47. The highest BCUT2D eigenvalue weighted by atomic mass is 35.5. The molecule has 4 nitrogen and oxygen atoms in total. The van der Waals surface area contributed by atoms with Gasteiger partial charge in [0, 0.05) is 19.6 Å². The monoisotopic (exact) mass is 469 g/mol. The lowest BCUT2D eigenvalue weighted by Crippen LogP contribution is -2.33. The number of unbranched alkanes of at least 4 members (excludes halogenated alkanes) is 2. The van der Waals surface area contributed by atoms with Gasteiger partial charge in [-0.2, -0.15) is 0 Å². The normalized spacial score (nSPS) is 15.6. The van der Waals surface area contributed by atoms with E-state index < -0.39 is 0 Å². The zero-order chi connectivity index (χ0) is 22.7. The number of rotatable bonds is 8. The topological polar surface area (TPSA) is 53.7 Å². The van der Waals surface area contributed by atoms with Crippen LogP contribution in [0.2, 0.25) is 0 Å². The molecule has 0 amide bonds. The molecule has 0 saturated carbocycles. The fourth-order valence-corrected chi connectivity index (χ4v) is 4.98. The van der Waals surface area contributed by atoms with Gasteiger partial charge in [-0.25, -0.2) is 4.79 Å². The molecule has 0 radical (unpaired) electrons. The van der Waals surface area contributed by atoms with Gasteiger partial charge in [0.25, 0.3) is 0 Å². The Hall–Kier alpha value is -2.30. The van der Waals surface area contributed by atoms with E-state index in [1.807, 2.05) is 30.3 Å². The Labute approximate surface area is 203 Å². The predicted molar refractivity (Wildman–Crippen MR) is 137 cm³/mol. The van der Waals surface area contributed by atoms with Crippen molar-refractivity contribution in [2.75, 3.05) is 6.54 Å². The summed E-state index contributed by atoms with van der Waals surface area (Å²) in [5, 5.41) is 11.7. The second-order valence-corrected chi connectivity index (χ2v) is 9.47. The minimum atomic E-state index is -0.273. The average Bonchev–Trinajstić information content (AvgIpc) is 2.79. The highest BCUT2D eigenvalue weighted by Gasteiger charge is 2.25. The van der Waals surface area contributed by atoms with E-state index in [1.54, 1.807) is 0 Å². The number of phenolic OH excluding ortho intramolecular Hbond substituents is 1. The summed E-state index contributed by atoms with van der Waals surface area (Å²) < 4.78 is 5.77. The molecule has 5 heteroatoms. The van der Waals surface area contributed by atoms with Crippen molar-refractivity contribution in [3.8, 4) is 5.75 Å². The first-order chi connectivity index (χ1) is 15.5. The number of fused-ring (bicyclic) bond motifs is 3. The van der Waals surface area contributed by atoms with Crippen LogP contribution in [0.3, 0.4) is 0 Å². The Morgan fingerprint density at radius 1 is 1.09 bits per heavy atom. The van der Waals surface area contributed by atoms with Crippen LogP contribution < -0.4 is 5.63 Å². The van der Waals surface area contributed by atoms with Gasteiger partial charge in [-0.05, 0) is 47.1 Å². The van der Waals surface area contributed by atoms with Crippen LogP contribution in [-0.4, -0.2) is 16.6 Å². The number of aromatic hydroxyl groups is 1. The maximum atomic E-state index is 12.9. The highest BCUT2D eigenvalue weighted by Crippen LogP contribution is 2.37. The van der Waals surface area contributed by atoms with Gasteiger partial charge in [0.05, 0.1) is 10.9 Å². The molecule has 2 heterocycles. The molecule has 178 valence electrons. The molecule has 3 aromatic rings. The molecule has 1 aliphatic heterocycles. The van der Waals surface area contributed by atoms with Crippen molar-refractivity contribution in [3.05, 3.63) is 75.1 Å². The number of nitrogens with zero attached hydrogens (tertiary/aromatic N) is 1. The van der Waals surface area contributed by atoms with E-state index in [0.717, 1.165) is 30.6 Å². The molecule has 0 aliphatic carbocycles. The van der Waals surface area contributed by atoms with Gasteiger partial charge in [0.1, 0.15) is 11.3 Å². The van der Waals surface area contributed by atoms with Crippen molar-refractivity contribution in [1.29, 1.82) is 0 Å². The van der Waals surface area contributed by atoms with Crippen molar-refractivity contribution in [2.24, 2.45) is 5.92 Å². The van der Waals surface area contributed by atoms with Gasteiger partial charge in [0.15, 0.2) is 0 Å². The SMILES string of the molecule is CCCCCC(C)C(C)c1cc(O)c2c3c(c(=O)oc2c1)CN(Cc1ccccc1)CC3.Cl. The van der Waals surface area contributed by atoms with E-state index in [9.17, 15) is 9.90 Å². The van der Waals surface area contributed by atoms with Gasteiger partial charge in [0.2, 0.25) is 0 Å². The van der Waals surface area contributed by atoms with Gasteiger partial charge in [-0.15, -0.1) is 12.4 Å².